The fourth-order valence-electron chi connectivity index (χ4n) is 2.42. The van der Waals surface area contributed by atoms with Gasteiger partial charge in [-0.25, -0.2) is 0 Å². The smallest absolute Gasteiger partial charge is 0.255 e. The van der Waals surface area contributed by atoms with E-state index in [-0.39, 0.29) is 24.2 Å². The summed E-state index contributed by atoms with van der Waals surface area (Å²) >= 11 is 0. The second kappa shape index (κ2) is 9.81. The van der Waals surface area contributed by atoms with Crippen LogP contribution in [0, 0.1) is 0 Å². The highest BCUT2D eigenvalue weighted by Gasteiger charge is 2.13. The SMILES string of the molecule is CCN(CC)C(=O)c1cccc(NC(=O)c2ccc(CN)cc2)c1.Cl. The monoisotopic (exact) mass is 361 g/mol. The molecule has 0 heterocycles. The molecule has 5 nitrogen and oxygen atoms in total. The zero-order valence-corrected chi connectivity index (χ0v) is 15.3. The van der Waals surface area contributed by atoms with E-state index in [1.165, 1.54) is 0 Å². The highest BCUT2D eigenvalue weighted by atomic mass is 35.5. The Morgan fingerprint density at radius 2 is 1.64 bits per heavy atom. The first-order valence-electron chi connectivity index (χ1n) is 8.08. The third-order valence-corrected chi connectivity index (χ3v) is 3.87. The second-order valence-electron chi connectivity index (χ2n) is 5.41. The molecular weight excluding hydrogens is 338 g/mol. The molecule has 0 saturated heterocycles. The van der Waals surface area contributed by atoms with E-state index in [9.17, 15) is 9.59 Å². The Labute approximate surface area is 154 Å². The third-order valence-electron chi connectivity index (χ3n) is 3.87. The van der Waals surface area contributed by atoms with Crippen molar-refractivity contribution in [1.29, 1.82) is 0 Å². The molecule has 2 aromatic rings. The van der Waals surface area contributed by atoms with Crippen LogP contribution in [0.4, 0.5) is 5.69 Å². The van der Waals surface area contributed by atoms with Crippen LogP contribution < -0.4 is 11.1 Å². The van der Waals surface area contributed by atoms with Gasteiger partial charge in [-0.05, 0) is 49.7 Å². The van der Waals surface area contributed by atoms with Crippen molar-refractivity contribution in [2.45, 2.75) is 20.4 Å². The largest absolute Gasteiger partial charge is 0.339 e. The lowest BCUT2D eigenvalue weighted by molar-refractivity contribution is 0.0772. The maximum atomic E-state index is 12.4. The Morgan fingerprint density at radius 3 is 2.20 bits per heavy atom. The number of hydrogen-bond acceptors (Lipinski definition) is 3. The predicted octanol–water partition coefficient (Wildman–Crippen LogP) is 3.30. The lowest BCUT2D eigenvalue weighted by atomic mass is 10.1. The van der Waals surface area contributed by atoms with Crippen LogP contribution in [0.25, 0.3) is 0 Å². The van der Waals surface area contributed by atoms with Crippen molar-refractivity contribution in [2.75, 3.05) is 18.4 Å². The van der Waals surface area contributed by atoms with E-state index in [0.717, 1.165) is 5.56 Å². The molecule has 0 bridgehead atoms. The Kier molecular flexibility index (Phi) is 8.11. The van der Waals surface area contributed by atoms with Crippen molar-refractivity contribution < 1.29 is 9.59 Å². The minimum atomic E-state index is -0.217. The summed E-state index contributed by atoms with van der Waals surface area (Å²) in [5.41, 5.74) is 8.24. The molecule has 0 unspecified atom stereocenters. The Morgan fingerprint density at radius 1 is 1.00 bits per heavy atom. The summed E-state index contributed by atoms with van der Waals surface area (Å²) in [5, 5.41) is 2.82. The van der Waals surface area contributed by atoms with Gasteiger partial charge in [0.1, 0.15) is 0 Å². The average Bonchev–Trinajstić information content (AvgIpc) is 2.63. The zero-order chi connectivity index (χ0) is 17.5. The predicted molar refractivity (Wildman–Crippen MR) is 103 cm³/mol. The van der Waals surface area contributed by atoms with Crippen molar-refractivity contribution in [1.82, 2.24) is 4.90 Å². The maximum absolute atomic E-state index is 12.4. The van der Waals surface area contributed by atoms with Gasteiger partial charge in [-0.1, -0.05) is 18.2 Å². The molecule has 2 rings (SSSR count). The first-order valence-corrected chi connectivity index (χ1v) is 8.08. The van der Waals surface area contributed by atoms with Crippen molar-refractivity contribution >= 4 is 29.9 Å². The second-order valence-corrected chi connectivity index (χ2v) is 5.41. The Hall–Kier alpha value is -2.37. The first kappa shape index (κ1) is 20.7. The molecule has 0 aliphatic carbocycles. The topological polar surface area (TPSA) is 75.4 Å². The summed E-state index contributed by atoms with van der Waals surface area (Å²) in [6, 6.07) is 14.1. The van der Waals surface area contributed by atoms with E-state index in [0.29, 0.717) is 36.4 Å². The molecule has 0 saturated carbocycles. The Bertz CT molecular complexity index is 713. The summed E-state index contributed by atoms with van der Waals surface area (Å²) < 4.78 is 0. The van der Waals surface area contributed by atoms with Crippen LogP contribution in [-0.2, 0) is 6.54 Å². The van der Waals surface area contributed by atoms with E-state index in [1.807, 2.05) is 26.0 Å². The molecular formula is C19H24ClN3O2. The number of carbonyl (C=O) groups excluding carboxylic acids is 2. The van der Waals surface area contributed by atoms with Crippen LogP contribution >= 0.6 is 12.4 Å². The maximum Gasteiger partial charge on any atom is 0.255 e. The van der Waals surface area contributed by atoms with Gasteiger partial charge in [-0.15, -0.1) is 12.4 Å². The summed E-state index contributed by atoms with van der Waals surface area (Å²) in [6.07, 6.45) is 0. The standard InChI is InChI=1S/C19H23N3O2.ClH/c1-3-22(4-2)19(24)16-6-5-7-17(12-16)21-18(23)15-10-8-14(13-20)9-11-15;/h5-12H,3-4,13,20H2,1-2H3,(H,21,23);1H. The number of nitrogens with zero attached hydrogens (tertiary/aromatic N) is 1. The van der Waals surface area contributed by atoms with Gasteiger partial charge in [0.05, 0.1) is 0 Å². The highest BCUT2D eigenvalue weighted by molar-refractivity contribution is 6.05. The molecule has 25 heavy (non-hydrogen) atoms. The number of anilines is 1. The molecule has 2 amide bonds. The number of halogens is 1. The average molecular weight is 362 g/mol. The molecule has 0 radical (unpaired) electrons. The minimum absolute atomic E-state index is 0. The van der Waals surface area contributed by atoms with Crippen LogP contribution in [-0.4, -0.2) is 29.8 Å². The fraction of sp³-hybridized carbons (Fsp3) is 0.263. The van der Waals surface area contributed by atoms with Gasteiger partial charge in [-0.2, -0.15) is 0 Å². The van der Waals surface area contributed by atoms with Gasteiger partial charge in [-0.3, -0.25) is 9.59 Å². The molecule has 0 spiro atoms. The zero-order valence-electron chi connectivity index (χ0n) is 14.5. The van der Waals surface area contributed by atoms with E-state index in [2.05, 4.69) is 5.32 Å². The van der Waals surface area contributed by atoms with Gasteiger partial charge >= 0.3 is 0 Å². The fourth-order valence-corrected chi connectivity index (χ4v) is 2.42. The van der Waals surface area contributed by atoms with E-state index in [1.54, 1.807) is 41.3 Å². The highest BCUT2D eigenvalue weighted by Crippen LogP contribution is 2.14. The number of rotatable bonds is 6. The van der Waals surface area contributed by atoms with E-state index >= 15 is 0 Å². The number of hydrogen-bond donors (Lipinski definition) is 2. The van der Waals surface area contributed by atoms with Crippen LogP contribution in [0.1, 0.15) is 40.1 Å². The Balaban J connectivity index is 0.00000312. The van der Waals surface area contributed by atoms with Crippen molar-refractivity contribution in [3.63, 3.8) is 0 Å². The normalized spacial score (nSPS) is 9.88. The quantitative estimate of drug-likeness (QED) is 0.828. The molecule has 0 fully saturated rings. The van der Waals surface area contributed by atoms with E-state index in [4.69, 9.17) is 5.73 Å². The van der Waals surface area contributed by atoms with E-state index < -0.39 is 0 Å². The summed E-state index contributed by atoms with van der Waals surface area (Å²) in [5.74, 6) is -0.255. The van der Waals surface area contributed by atoms with Crippen molar-refractivity contribution in [3.8, 4) is 0 Å². The van der Waals surface area contributed by atoms with Crippen LogP contribution in [0.5, 0.6) is 0 Å². The molecule has 134 valence electrons. The van der Waals surface area contributed by atoms with Gasteiger partial charge in [0.15, 0.2) is 0 Å². The molecule has 0 atom stereocenters. The number of amides is 2. The summed E-state index contributed by atoms with van der Waals surface area (Å²) in [7, 11) is 0. The van der Waals surface area contributed by atoms with Gasteiger partial charge in [0.25, 0.3) is 11.8 Å². The number of benzene rings is 2. The molecule has 3 N–H and O–H groups in total. The lowest BCUT2D eigenvalue weighted by Gasteiger charge is -2.19. The molecule has 6 heteroatoms. The number of nitrogens with one attached hydrogen (secondary N) is 1. The molecule has 0 aliphatic heterocycles. The molecule has 2 aromatic carbocycles. The van der Waals surface area contributed by atoms with Crippen LogP contribution in [0.2, 0.25) is 0 Å². The van der Waals surface area contributed by atoms with Gasteiger partial charge in [0.2, 0.25) is 0 Å². The third kappa shape index (κ3) is 5.31. The van der Waals surface area contributed by atoms with Crippen LogP contribution in [0.3, 0.4) is 0 Å². The molecule has 0 aromatic heterocycles. The number of nitrogens with two attached hydrogens (primary N) is 1. The summed E-state index contributed by atoms with van der Waals surface area (Å²) in [4.78, 5) is 26.4. The minimum Gasteiger partial charge on any atom is -0.339 e. The van der Waals surface area contributed by atoms with Crippen LogP contribution in [0.15, 0.2) is 48.5 Å². The van der Waals surface area contributed by atoms with Crippen molar-refractivity contribution in [2.24, 2.45) is 5.73 Å². The van der Waals surface area contributed by atoms with Gasteiger partial charge < -0.3 is 16.0 Å². The lowest BCUT2D eigenvalue weighted by Crippen LogP contribution is -2.30. The first-order chi connectivity index (χ1) is 11.6. The molecule has 0 aliphatic rings. The van der Waals surface area contributed by atoms with Gasteiger partial charge in [0, 0.05) is 36.4 Å². The number of carbonyl (C=O) groups is 2. The summed E-state index contributed by atoms with van der Waals surface area (Å²) in [6.45, 7) is 5.63. The van der Waals surface area contributed by atoms with Crippen molar-refractivity contribution in [3.05, 3.63) is 65.2 Å².